The van der Waals surface area contributed by atoms with Gasteiger partial charge in [-0.2, -0.15) is 0 Å². The van der Waals surface area contributed by atoms with Crippen LogP contribution in [-0.4, -0.2) is 41.7 Å². The number of ether oxygens (including phenoxy) is 1. The number of para-hydroxylation sites is 1. The standard InChI is InChI=1S/C15H22N2O3/c1-11-6-7-17(9-13(11)18)15(19)10-20-14-5-3-2-4-12(14)8-16/h2-5,11,13,18H,6-10,16H2,1H3. The highest BCUT2D eigenvalue weighted by molar-refractivity contribution is 5.78. The van der Waals surface area contributed by atoms with Crippen molar-refractivity contribution in [3.05, 3.63) is 29.8 Å². The van der Waals surface area contributed by atoms with Crippen molar-refractivity contribution in [3.8, 4) is 5.75 Å². The molecule has 20 heavy (non-hydrogen) atoms. The Balaban J connectivity index is 1.89. The van der Waals surface area contributed by atoms with Gasteiger partial charge in [0.2, 0.25) is 0 Å². The van der Waals surface area contributed by atoms with E-state index in [4.69, 9.17) is 10.5 Å². The SMILES string of the molecule is CC1CCN(C(=O)COc2ccccc2CN)CC1O. The van der Waals surface area contributed by atoms with Gasteiger partial charge >= 0.3 is 0 Å². The van der Waals surface area contributed by atoms with Crippen molar-refractivity contribution in [2.24, 2.45) is 11.7 Å². The summed E-state index contributed by atoms with van der Waals surface area (Å²) in [7, 11) is 0. The molecule has 3 N–H and O–H groups in total. The predicted octanol–water partition coefficient (Wildman–Crippen LogP) is 0.753. The maximum absolute atomic E-state index is 12.1. The summed E-state index contributed by atoms with van der Waals surface area (Å²) in [6.45, 7) is 3.43. The Bertz CT molecular complexity index is 464. The minimum absolute atomic E-state index is 0.0158. The van der Waals surface area contributed by atoms with Crippen molar-refractivity contribution in [1.82, 2.24) is 4.90 Å². The topological polar surface area (TPSA) is 75.8 Å². The molecule has 1 heterocycles. The lowest BCUT2D eigenvalue weighted by Gasteiger charge is -2.34. The first-order chi connectivity index (χ1) is 9.61. The fourth-order valence-electron chi connectivity index (χ4n) is 2.32. The van der Waals surface area contributed by atoms with Crippen LogP contribution in [-0.2, 0) is 11.3 Å². The first-order valence-corrected chi connectivity index (χ1v) is 6.98. The lowest BCUT2D eigenvalue weighted by molar-refractivity contribution is -0.137. The summed E-state index contributed by atoms with van der Waals surface area (Å²) in [6, 6.07) is 7.43. The molecule has 0 radical (unpaired) electrons. The summed E-state index contributed by atoms with van der Waals surface area (Å²) in [5.41, 5.74) is 6.51. The van der Waals surface area contributed by atoms with Crippen LogP contribution in [0.2, 0.25) is 0 Å². The van der Waals surface area contributed by atoms with Crippen LogP contribution in [0.4, 0.5) is 0 Å². The lowest BCUT2D eigenvalue weighted by Crippen LogP contribution is -2.47. The van der Waals surface area contributed by atoms with E-state index in [0.29, 0.717) is 25.4 Å². The Kier molecular flexibility index (Phi) is 4.98. The summed E-state index contributed by atoms with van der Waals surface area (Å²) in [5.74, 6) is 0.801. The molecule has 5 nitrogen and oxygen atoms in total. The zero-order chi connectivity index (χ0) is 14.5. The zero-order valence-electron chi connectivity index (χ0n) is 11.8. The van der Waals surface area contributed by atoms with E-state index in [9.17, 15) is 9.90 Å². The van der Waals surface area contributed by atoms with E-state index >= 15 is 0 Å². The Morgan fingerprint density at radius 2 is 2.25 bits per heavy atom. The highest BCUT2D eigenvalue weighted by Crippen LogP contribution is 2.19. The van der Waals surface area contributed by atoms with E-state index in [0.717, 1.165) is 12.0 Å². The number of rotatable bonds is 4. The molecule has 2 unspecified atom stereocenters. The third-order valence-electron chi connectivity index (χ3n) is 3.82. The van der Waals surface area contributed by atoms with Crippen LogP contribution in [0.15, 0.2) is 24.3 Å². The number of benzene rings is 1. The number of amides is 1. The first kappa shape index (κ1) is 14.8. The molecule has 1 saturated heterocycles. The molecular weight excluding hydrogens is 256 g/mol. The largest absolute Gasteiger partial charge is 0.483 e. The first-order valence-electron chi connectivity index (χ1n) is 6.98. The monoisotopic (exact) mass is 278 g/mol. The number of aliphatic hydroxyl groups is 1. The summed E-state index contributed by atoms with van der Waals surface area (Å²) < 4.78 is 5.55. The fraction of sp³-hybridized carbons (Fsp3) is 0.533. The number of nitrogens with zero attached hydrogens (tertiary/aromatic N) is 1. The highest BCUT2D eigenvalue weighted by atomic mass is 16.5. The predicted molar refractivity (Wildman–Crippen MR) is 76.2 cm³/mol. The second-order valence-corrected chi connectivity index (χ2v) is 5.27. The molecule has 0 bridgehead atoms. The third kappa shape index (κ3) is 3.49. The Hall–Kier alpha value is -1.59. The maximum atomic E-state index is 12.1. The highest BCUT2D eigenvalue weighted by Gasteiger charge is 2.27. The number of piperidine rings is 1. The van der Waals surface area contributed by atoms with Gasteiger partial charge in [-0.1, -0.05) is 25.1 Å². The average molecular weight is 278 g/mol. The van der Waals surface area contributed by atoms with Gasteiger partial charge in [-0.05, 0) is 18.4 Å². The normalized spacial score (nSPS) is 22.6. The van der Waals surface area contributed by atoms with Gasteiger partial charge < -0.3 is 20.5 Å². The van der Waals surface area contributed by atoms with Gasteiger partial charge in [0, 0.05) is 25.2 Å². The van der Waals surface area contributed by atoms with Crippen molar-refractivity contribution >= 4 is 5.91 Å². The van der Waals surface area contributed by atoms with Crippen molar-refractivity contribution in [2.45, 2.75) is 26.0 Å². The van der Waals surface area contributed by atoms with Crippen LogP contribution in [0, 0.1) is 5.92 Å². The van der Waals surface area contributed by atoms with Gasteiger partial charge in [0.25, 0.3) is 5.91 Å². The number of carbonyl (C=O) groups is 1. The molecule has 1 aliphatic rings. The van der Waals surface area contributed by atoms with E-state index < -0.39 is 6.10 Å². The van der Waals surface area contributed by atoms with Crippen LogP contribution in [0.1, 0.15) is 18.9 Å². The molecule has 1 amide bonds. The third-order valence-corrected chi connectivity index (χ3v) is 3.82. The van der Waals surface area contributed by atoms with Crippen LogP contribution >= 0.6 is 0 Å². The molecule has 110 valence electrons. The van der Waals surface area contributed by atoms with Crippen molar-refractivity contribution in [3.63, 3.8) is 0 Å². The number of hydrogen-bond acceptors (Lipinski definition) is 4. The fourth-order valence-corrected chi connectivity index (χ4v) is 2.32. The molecule has 0 aromatic heterocycles. The van der Waals surface area contributed by atoms with Crippen LogP contribution < -0.4 is 10.5 Å². The summed E-state index contributed by atoms with van der Waals surface area (Å²) in [4.78, 5) is 13.7. The maximum Gasteiger partial charge on any atom is 0.260 e. The quantitative estimate of drug-likeness (QED) is 0.852. The van der Waals surface area contributed by atoms with Crippen molar-refractivity contribution in [2.75, 3.05) is 19.7 Å². The van der Waals surface area contributed by atoms with E-state index in [1.54, 1.807) is 4.90 Å². The van der Waals surface area contributed by atoms with E-state index in [2.05, 4.69) is 0 Å². The second kappa shape index (κ2) is 6.72. The Morgan fingerprint density at radius 3 is 2.95 bits per heavy atom. The smallest absolute Gasteiger partial charge is 0.260 e. The van der Waals surface area contributed by atoms with Gasteiger partial charge in [0.1, 0.15) is 5.75 Å². The Morgan fingerprint density at radius 1 is 1.50 bits per heavy atom. The van der Waals surface area contributed by atoms with E-state index in [1.165, 1.54) is 0 Å². The van der Waals surface area contributed by atoms with Crippen LogP contribution in [0.5, 0.6) is 5.75 Å². The molecule has 2 rings (SSSR count). The number of likely N-dealkylation sites (tertiary alicyclic amines) is 1. The van der Waals surface area contributed by atoms with Gasteiger partial charge in [-0.15, -0.1) is 0 Å². The number of hydrogen-bond donors (Lipinski definition) is 2. The van der Waals surface area contributed by atoms with Crippen LogP contribution in [0.25, 0.3) is 0 Å². The molecule has 0 saturated carbocycles. The van der Waals surface area contributed by atoms with Gasteiger partial charge in [-0.25, -0.2) is 0 Å². The number of carbonyl (C=O) groups excluding carboxylic acids is 1. The lowest BCUT2D eigenvalue weighted by atomic mass is 9.96. The average Bonchev–Trinajstić information content (AvgIpc) is 2.47. The molecule has 5 heteroatoms. The van der Waals surface area contributed by atoms with Crippen molar-refractivity contribution in [1.29, 1.82) is 0 Å². The summed E-state index contributed by atoms with van der Waals surface area (Å²) in [6.07, 6.45) is 0.385. The zero-order valence-corrected chi connectivity index (χ0v) is 11.8. The number of nitrogens with two attached hydrogens (primary N) is 1. The van der Waals surface area contributed by atoms with Crippen LogP contribution in [0.3, 0.4) is 0 Å². The number of aliphatic hydroxyl groups excluding tert-OH is 1. The summed E-state index contributed by atoms with van der Waals surface area (Å²) in [5, 5.41) is 9.81. The van der Waals surface area contributed by atoms with Crippen molar-refractivity contribution < 1.29 is 14.6 Å². The minimum atomic E-state index is -0.441. The molecule has 0 aliphatic carbocycles. The molecule has 1 fully saturated rings. The van der Waals surface area contributed by atoms with E-state index in [-0.39, 0.29) is 18.4 Å². The van der Waals surface area contributed by atoms with E-state index in [1.807, 2.05) is 31.2 Å². The second-order valence-electron chi connectivity index (χ2n) is 5.27. The minimum Gasteiger partial charge on any atom is -0.483 e. The Labute approximate surface area is 119 Å². The van der Waals surface area contributed by atoms with Gasteiger partial charge in [0.15, 0.2) is 6.61 Å². The molecule has 0 spiro atoms. The van der Waals surface area contributed by atoms with Gasteiger partial charge in [0.05, 0.1) is 6.10 Å². The molecule has 1 aromatic carbocycles. The molecular formula is C15H22N2O3. The molecule has 1 aliphatic heterocycles. The molecule has 1 aromatic rings. The van der Waals surface area contributed by atoms with Gasteiger partial charge in [-0.3, -0.25) is 4.79 Å². The number of β-amino-alcohol motifs (C(OH)–C–C–N with tert-alkyl or cyclic N) is 1. The molecule has 2 atom stereocenters. The summed E-state index contributed by atoms with van der Waals surface area (Å²) >= 11 is 0.